The Morgan fingerprint density at radius 1 is 0.929 bits per heavy atom. The summed E-state index contributed by atoms with van der Waals surface area (Å²) in [6, 6.07) is 0.869. The molecule has 0 aromatic rings. The van der Waals surface area contributed by atoms with Gasteiger partial charge < -0.3 is 4.90 Å². The fourth-order valence-electron chi connectivity index (χ4n) is 2.34. The Hall–Kier alpha value is -0.570. The molecule has 1 aliphatic heterocycles. The van der Waals surface area contributed by atoms with Gasteiger partial charge in [0.1, 0.15) is 0 Å². The van der Waals surface area contributed by atoms with E-state index in [-0.39, 0.29) is 0 Å². The van der Waals surface area contributed by atoms with E-state index in [9.17, 15) is 4.79 Å². The van der Waals surface area contributed by atoms with Crippen LogP contribution in [0.3, 0.4) is 0 Å². The maximum atomic E-state index is 11.8. The zero-order valence-corrected chi connectivity index (χ0v) is 8.61. The van der Waals surface area contributed by atoms with Crippen LogP contribution in [0.5, 0.6) is 0 Å². The third kappa shape index (κ3) is 1.65. The standard InChI is InChI=1S/C11H18N2O/c14-11(9-1-2-9)13-7-5-12(6-8-13)10-3-4-10/h9-10H,1-8H2. The summed E-state index contributed by atoms with van der Waals surface area (Å²) in [5.74, 6) is 0.836. The summed E-state index contributed by atoms with van der Waals surface area (Å²) < 4.78 is 0. The van der Waals surface area contributed by atoms with Crippen molar-refractivity contribution in [1.82, 2.24) is 9.80 Å². The molecule has 1 saturated heterocycles. The lowest BCUT2D eigenvalue weighted by molar-refractivity contribution is -0.134. The monoisotopic (exact) mass is 194 g/mol. The van der Waals surface area contributed by atoms with Gasteiger partial charge in [-0.25, -0.2) is 0 Å². The van der Waals surface area contributed by atoms with Crippen molar-refractivity contribution in [2.75, 3.05) is 26.2 Å². The number of hydrogen-bond acceptors (Lipinski definition) is 2. The Labute approximate surface area is 85.1 Å². The number of nitrogens with zero attached hydrogens (tertiary/aromatic N) is 2. The third-order valence-electron chi connectivity index (χ3n) is 3.62. The van der Waals surface area contributed by atoms with Crippen LogP contribution in [0.2, 0.25) is 0 Å². The molecule has 3 aliphatic rings. The van der Waals surface area contributed by atoms with Crippen molar-refractivity contribution in [1.29, 1.82) is 0 Å². The van der Waals surface area contributed by atoms with E-state index in [0.717, 1.165) is 45.1 Å². The highest BCUT2D eigenvalue weighted by Gasteiger charge is 2.36. The van der Waals surface area contributed by atoms with Gasteiger partial charge in [-0.3, -0.25) is 9.69 Å². The maximum absolute atomic E-state index is 11.8. The molecule has 0 aromatic heterocycles. The molecule has 78 valence electrons. The molecule has 2 saturated carbocycles. The van der Waals surface area contributed by atoms with Gasteiger partial charge in [0.15, 0.2) is 0 Å². The molecule has 3 rings (SSSR count). The Kier molecular flexibility index (Phi) is 2.01. The highest BCUT2D eigenvalue weighted by molar-refractivity contribution is 5.81. The molecule has 0 N–H and O–H groups in total. The number of hydrogen-bond donors (Lipinski definition) is 0. The van der Waals surface area contributed by atoms with Crippen molar-refractivity contribution in [2.45, 2.75) is 31.7 Å². The van der Waals surface area contributed by atoms with Crippen LogP contribution in [0.25, 0.3) is 0 Å². The van der Waals surface area contributed by atoms with E-state index < -0.39 is 0 Å². The van der Waals surface area contributed by atoms with Crippen LogP contribution in [0.1, 0.15) is 25.7 Å². The molecule has 3 nitrogen and oxygen atoms in total. The van der Waals surface area contributed by atoms with Crippen molar-refractivity contribution in [3.8, 4) is 0 Å². The van der Waals surface area contributed by atoms with Crippen molar-refractivity contribution >= 4 is 5.91 Å². The lowest BCUT2D eigenvalue weighted by Crippen LogP contribution is -2.49. The highest BCUT2D eigenvalue weighted by atomic mass is 16.2. The normalized spacial score (nSPS) is 29.3. The molecule has 0 unspecified atom stereocenters. The second-order valence-electron chi connectivity index (χ2n) is 4.87. The van der Waals surface area contributed by atoms with Crippen LogP contribution in [-0.4, -0.2) is 47.9 Å². The van der Waals surface area contributed by atoms with Crippen LogP contribution in [0, 0.1) is 5.92 Å². The van der Waals surface area contributed by atoms with E-state index in [2.05, 4.69) is 9.80 Å². The molecule has 2 aliphatic carbocycles. The van der Waals surface area contributed by atoms with Gasteiger partial charge in [-0.15, -0.1) is 0 Å². The van der Waals surface area contributed by atoms with E-state index in [1.54, 1.807) is 0 Å². The van der Waals surface area contributed by atoms with Gasteiger partial charge in [-0.1, -0.05) is 0 Å². The number of rotatable bonds is 2. The van der Waals surface area contributed by atoms with Crippen LogP contribution >= 0.6 is 0 Å². The molecule has 3 fully saturated rings. The zero-order valence-electron chi connectivity index (χ0n) is 8.61. The molecule has 0 radical (unpaired) electrons. The molecule has 0 bridgehead atoms. The molecular weight excluding hydrogens is 176 g/mol. The molecule has 0 aromatic carbocycles. The van der Waals surface area contributed by atoms with Gasteiger partial charge in [0.2, 0.25) is 5.91 Å². The fourth-order valence-corrected chi connectivity index (χ4v) is 2.34. The first-order valence-corrected chi connectivity index (χ1v) is 5.87. The predicted molar refractivity (Wildman–Crippen MR) is 53.9 cm³/mol. The summed E-state index contributed by atoms with van der Waals surface area (Å²) in [4.78, 5) is 16.4. The summed E-state index contributed by atoms with van der Waals surface area (Å²) in [7, 11) is 0. The van der Waals surface area contributed by atoms with Gasteiger partial charge in [0, 0.05) is 38.1 Å². The summed E-state index contributed by atoms with van der Waals surface area (Å²) in [6.07, 6.45) is 5.05. The molecule has 0 spiro atoms. The average molecular weight is 194 g/mol. The second-order valence-corrected chi connectivity index (χ2v) is 4.87. The van der Waals surface area contributed by atoms with Crippen molar-refractivity contribution in [2.24, 2.45) is 5.92 Å². The Morgan fingerprint density at radius 2 is 1.57 bits per heavy atom. The number of piperazine rings is 1. The molecule has 0 atom stereocenters. The molecule has 14 heavy (non-hydrogen) atoms. The van der Waals surface area contributed by atoms with E-state index in [0.29, 0.717) is 11.8 Å². The van der Waals surface area contributed by atoms with Gasteiger partial charge in [-0.2, -0.15) is 0 Å². The summed E-state index contributed by atoms with van der Waals surface area (Å²) in [5.41, 5.74) is 0. The largest absolute Gasteiger partial charge is 0.340 e. The van der Waals surface area contributed by atoms with Crippen molar-refractivity contribution in [3.05, 3.63) is 0 Å². The van der Waals surface area contributed by atoms with Gasteiger partial charge in [0.05, 0.1) is 0 Å². The minimum atomic E-state index is 0.405. The van der Waals surface area contributed by atoms with E-state index in [1.807, 2.05) is 0 Å². The number of carbonyl (C=O) groups is 1. The molecule has 1 amide bonds. The van der Waals surface area contributed by atoms with Crippen molar-refractivity contribution < 1.29 is 4.79 Å². The van der Waals surface area contributed by atoms with Crippen LogP contribution < -0.4 is 0 Å². The second kappa shape index (κ2) is 3.23. The lowest BCUT2D eigenvalue weighted by Gasteiger charge is -2.34. The smallest absolute Gasteiger partial charge is 0.225 e. The molecule has 3 heteroatoms. The zero-order chi connectivity index (χ0) is 9.54. The fraction of sp³-hybridized carbons (Fsp3) is 0.909. The topological polar surface area (TPSA) is 23.6 Å². The van der Waals surface area contributed by atoms with Crippen LogP contribution in [-0.2, 0) is 4.79 Å². The third-order valence-corrected chi connectivity index (χ3v) is 3.62. The Morgan fingerprint density at radius 3 is 2.07 bits per heavy atom. The first kappa shape index (κ1) is 8.72. The minimum Gasteiger partial charge on any atom is -0.340 e. The van der Waals surface area contributed by atoms with Crippen LogP contribution in [0.4, 0.5) is 0 Å². The summed E-state index contributed by atoms with van der Waals surface area (Å²) >= 11 is 0. The summed E-state index contributed by atoms with van der Waals surface area (Å²) in [6.45, 7) is 4.18. The van der Waals surface area contributed by atoms with Crippen LogP contribution in [0.15, 0.2) is 0 Å². The minimum absolute atomic E-state index is 0.405. The Balaban J connectivity index is 1.51. The first-order chi connectivity index (χ1) is 6.84. The van der Waals surface area contributed by atoms with Gasteiger partial charge >= 0.3 is 0 Å². The van der Waals surface area contributed by atoms with E-state index in [4.69, 9.17) is 0 Å². The first-order valence-electron chi connectivity index (χ1n) is 5.87. The molecular formula is C11H18N2O. The summed E-state index contributed by atoms with van der Waals surface area (Å²) in [5, 5.41) is 0. The van der Waals surface area contributed by atoms with Gasteiger partial charge in [0.25, 0.3) is 0 Å². The Bertz CT molecular complexity index is 238. The average Bonchev–Trinajstić information content (AvgIpc) is 3.05. The van der Waals surface area contributed by atoms with E-state index in [1.165, 1.54) is 12.8 Å². The highest BCUT2D eigenvalue weighted by Crippen LogP contribution is 2.32. The quantitative estimate of drug-likeness (QED) is 0.646. The van der Waals surface area contributed by atoms with Gasteiger partial charge in [-0.05, 0) is 25.7 Å². The number of carbonyl (C=O) groups excluding carboxylic acids is 1. The SMILES string of the molecule is O=C(C1CC1)N1CCN(C2CC2)CC1. The predicted octanol–water partition coefficient (Wildman–Crippen LogP) is 0.703. The maximum Gasteiger partial charge on any atom is 0.225 e. The van der Waals surface area contributed by atoms with E-state index >= 15 is 0 Å². The molecule has 1 heterocycles. The number of amides is 1. The lowest BCUT2D eigenvalue weighted by atomic mass is 10.2. The van der Waals surface area contributed by atoms with Crippen molar-refractivity contribution in [3.63, 3.8) is 0 Å².